The lowest BCUT2D eigenvalue weighted by Crippen LogP contribution is -2.35. The third kappa shape index (κ3) is 4.13. The molecule has 22 heavy (non-hydrogen) atoms. The van der Waals surface area contributed by atoms with Crippen molar-refractivity contribution >= 4 is 22.7 Å². The molecule has 0 saturated carbocycles. The molecule has 0 unspecified atom stereocenters. The summed E-state index contributed by atoms with van der Waals surface area (Å²) in [5.41, 5.74) is 0. The normalized spacial score (nSPS) is 21.6. The van der Waals surface area contributed by atoms with E-state index in [1.54, 1.807) is 22.7 Å². The van der Waals surface area contributed by atoms with Gasteiger partial charge < -0.3 is 5.11 Å². The van der Waals surface area contributed by atoms with Gasteiger partial charge in [-0.15, -0.1) is 32.9 Å². The maximum absolute atomic E-state index is 10.5. The molecule has 0 amide bonds. The fourth-order valence-corrected chi connectivity index (χ4v) is 4.60. The van der Waals surface area contributed by atoms with Crippen LogP contribution in [0.25, 0.3) is 0 Å². The molecular weight excluding hydrogens is 314 g/mol. The van der Waals surface area contributed by atoms with Crippen molar-refractivity contribution in [1.29, 1.82) is 0 Å². The molecule has 1 aliphatic heterocycles. The van der Waals surface area contributed by atoms with Gasteiger partial charge in [0.25, 0.3) is 0 Å². The number of likely N-dealkylation sites (tertiary alicyclic amines) is 1. The minimum Gasteiger partial charge on any atom is -0.388 e. The first-order valence-electron chi connectivity index (χ1n) is 7.97. The molecule has 3 rings (SSSR count). The number of rotatable bonds is 5. The summed E-state index contributed by atoms with van der Waals surface area (Å²) < 4.78 is 0. The third-order valence-electron chi connectivity index (χ3n) is 4.27. The first-order chi connectivity index (χ1) is 10.7. The Morgan fingerprint density at radius 2 is 2.27 bits per heavy atom. The summed E-state index contributed by atoms with van der Waals surface area (Å²) in [5, 5.41) is 23.1. The molecule has 3 heterocycles. The first kappa shape index (κ1) is 16.1. The van der Waals surface area contributed by atoms with E-state index in [-0.39, 0.29) is 6.10 Å². The molecule has 2 aromatic rings. The molecule has 0 bridgehead atoms. The quantitative estimate of drug-likeness (QED) is 0.902. The molecule has 0 radical (unpaired) electrons. The Kier molecular flexibility index (Phi) is 5.57. The number of aryl methyl sites for hydroxylation is 1. The predicted octanol–water partition coefficient (Wildman–Crippen LogP) is 3.78. The second-order valence-corrected chi connectivity index (χ2v) is 8.20. The summed E-state index contributed by atoms with van der Waals surface area (Å²) in [7, 11) is 0. The van der Waals surface area contributed by atoms with E-state index in [0.29, 0.717) is 6.04 Å². The maximum Gasteiger partial charge on any atom is 0.131 e. The summed E-state index contributed by atoms with van der Waals surface area (Å²) in [6.45, 7) is 3.97. The van der Waals surface area contributed by atoms with E-state index in [0.717, 1.165) is 34.4 Å². The Morgan fingerprint density at radius 3 is 3.00 bits per heavy atom. The third-order valence-corrected chi connectivity index (χ3v) is 6.07. The van der Waals surface area contributed by atoms with Crippen molar-refractivity contribution in [3.63, 3.8) is 0 Å². The zero-order valence-corrected chi connectivity index (χ0v) is 14.6. The van der Waals surface area contributed by atoms with E-state index < -0.39 is 0 Å². The summed E-state index contributed by atoms with van der Waals surface area (Å²) in [6.07, 6.45) is 5.42. The van der Waals surface area contributed by atoms with Crippen molar-refractivity contribution < 1.29 is 5.11 Å². The molecule has 0 spiro atoms. The van der Waals surface area contributed by atoms with Crippen LogP contribution in [0, 0.1) is 6.92 Å². The summed E-state index contributed by atoms with van der Waals surface area (Å²) in [6, 6.07) is 4.48. The Bertz CT molecular complexity index is 570. The molecule has 0 aliphatic carbocycles. The Morgan fingerprint density at radius 1 is 1.36 bits per heavy atom. The number of thiophene rings is 1. The van der Waals surface area contributed by atoms with E-state index in [2.05, 4.69) is 15.1 Å². The predicted molar refractivity (Wildman–Crippen MR) is 91.2 cm³/mol. The van der Waals surface area contributed by atoms with Gasteiger partial charge in [0, 0.05) is 10.9 Å². The lowest BCUT2D eigenvalue weighted by molar-refractivity contribution is 0.0994. The van der Waals surface area contributed by atoms with Crippen molar-refractivity contribution in [2.24, 2.45) is 0 Å². The van der Waals surface area contributed by atoms with Crippen molar-refractivity contribution in [2.75, 3.05) is 6.54 Å². The van der Waals surface area contributed by atoms with Gasteiger partial charge in [-0.1, -0.05) is 18.9 Å². The average Bonchev–Trinajstić information content (AvgIpc) is 3.12. The van der Waals surface area contributed by atoms with Gasteiger partial charge in [0.2, 0.25) is 0 Å². The fraction of sp³-hybridized carbons (Fsp3) is 0.625. The van der Waals surface area contributed by atoms with Crippen molar-refractivity contribution in [2.45, 2.75) is 57.7 Å². The smallest absolute Gasteiger partial charge is 0.131 e. The van der Waals surface area contributed by atoms with E-state index in [1.807, 2.05) is 24.4 Å². The van der Waals surface area contributed by atoms with Gasteiger partial charge in [-0.05, 0) is 44.2 Å². The summed E-state index contributed by atoms with van der Waals surface area (Å²) >= 11 is 3.33. The van der Waals surface area contributed by atoms with Gasteiger partial charge in [0.1, 0.15) is 10.0 Å². The number of hydrogen-bond donors (Lipinski definition) is 1. The molecule has 1 N–H and O–H groups in total. The number of aliphatic hydroxyl groups is 1. The standard InChI is InChI=1S/C16H23N3OS2/c1-12-17-18-16(22-12)11-19-8-4-2-3-6-13(19)10-14(20)15-7-5-9-21-15/h5,7,9,13-14,20H,2-4,6,8,10-11H2,1H3/t13-,14+/m1/s1. The lowest BCUT2D eigenvalue weighted by Gasteiger charge is -2.30. The Labute approximate surface area is 139 Å². The largest absolute Gasteiger partial charge is 0.388 e. The molecule has 1 saturated heterocycles. The van der Waals surface area contributed by atoms with Crippen LogP contribution in [0.5, 0.6) is 0 Å². The van der Waals surface area contributed by atoms with Gasteiger partial charge >= 0.3 is 0 Å². The zero-order chi connectivity index (χ0) is 15.4. The second kappa shape index (κ2) is 7.64. The summed E-state index contributed by atoms with van der Waals surface area (Å²) in [4.78, 5) is 3.58. The van der Waals surface area contributed by atoms with Gasteiger partial charge in [-0.3, -0.25) is 4.90 Å². The molecule has 4 nitrogen and oxygen atoms in total. The second-order valence-electron chi connectivity index (χ2n) is 5.96. The number of nitrogens with zero attached hydrogens (tertiary/aromatic N) is 3. The van der Waals surface area contributed by atoms with Crippen LogP contribution in [-0.2, 0) is 6.54 Å². The van der Waals surface area contributed by atoms with Crippen molar-refractivity contribution in [3.05, 3.63) is 32.4 Å². The monoisotopic (exact) mass is 337 g/mol. The van der Waals surface area contributed by atoms with Gasteiger partial charge in [0.05, 0.1) is 12.6 Å². The Balaban J connectivity index is 1.67. The Hall–Kier alpha value is -0.820. The molecule has 120 valence electrons. The highest BCUT2D eigenvalue weighted by Gasteiger charge is 2.25. The highest BCUT2D eigenvalue weighted by molar-refractivity contribution is 7.11. The van der Waals surface area contributed by atoms with Crippen LogP contribution in [0.1, 0.15) is 53.1 Å². The SMILES string of the molecule is Cc1nnc(CN2CCCCC[C@@H]2C[C@H](O)c2cccs2)s1. The molecule has 1 fully saturated rings. The van der Waals surface area contributed by atoms with Crippen LogP contribution in [0.15, 0.2) is 17.5 Å². The molecule has 6 heteroatoms. The van der Waals surface area contributed by atoms with Crippen LogP contribution in [0.4, 0.5) is 0 Å². The highest BCUT2D eigenvalue weighted by Crippen LogP contribution is 2.29. The lowest BCUT2D eigenvalue weighted by atomic mass is 10.0. The first-order valence-corrected chi connectivity index (χ1v) is 9.66. The zero-order valence-electron chi connectivity index (χ0n) is 12.9. The van der Waals surface area contributed by atoms with Crippen LogP contribution in [0.2, 0.25) is 0 Å². The number of hydrogen-bond acceptors (Lipinski definition) is 6. The van der Waals surface area contributed by atoms with E-state index in [9.17, 15) is 5.11 Å². The van der Waals surface area contributed by atoms with E-state index in [1.165, 1.54) is 25.7 Å². The van der Waals surface area contributed by atoms with Crippen LogP contribution in [0.3, 0.4) is 0 Å². The van der Waals surface area contributed by atoms with Gasteiger partial charge in [-0.2, -0.15) is 0 Å². The minimum atomic E-state index is -0.346. The average molecular weight is 338 g/mol. The number of aromatic nitrogens is 2. The minimum absolute atomic E-state index is 0.346. The van der Waals surface area contributed by atoms with Crippen molar-refractivity contribution in [1.82, 2.24) is 15.1 Å². The van der Waals surface area contributed by atoms with Gasteiger partial charge in [-0.25, -0.2) is 0 Å². The molecule has 2 aromatic heterocycles. The van der Waals surface area contributed by atoms with E-state index in [4.69, 9.17) is 0 Å². The van der Waals surface area contributed by atoms with Crippen LogP contribution >= 0.6 is 22.7 Å². The summed E-state index contributed by atoms with van der Waals surface area (Å²) in [5.74, 6) is 0. The number of aliphatic hydroxyl groups excluding tert-OH is 1. The molecule has 1 aliphatic rings. The van der Waals surface area contributed by atoms with Crippen LogP contribution < -0.4 is 0 Å². The van der Waals surface area contributed by atoms with Crippen molar-refractivity contribution in [3.8, 4) is 0 Å². The van der Waals surface area contributed by atoms with Gasteiger partial charge in [0.15, 0.2) is 0 Å². The molecule has 2 atom stereocenters. The maximum atomic E-state index is 10.5. The fourth-order valence-electron chi connectivity index (χ4n) is 3.14. The highest BCUT2D eigenvalue weighted by atomic mass is 32.1. The van der Waals surface area contributed by atoms with E-state index >= 15 is 0 Å². The van der Waals surface area contributed by atoms with Crippen LogP contribution in [-0.4, -0.2) is 32.8 Å². The topological polar surface area (TPSA) is 49.2 Å². The molecule has 0 aromatic carbocycles. The molecular formula is C16H23N3OS2.